The molecule has 0 amide bonds. The van der Waals surface area contributed by atoms with Crippen molar-refractivity contribution in [2.75, 3.05) is 13.1 Å². The molecule has 1 aliphatic heterocycles. The number of aromatic nitrogens is 2. The first-order valence-corrected chi connectivity index (χ1v) is 10.2. The highest BCUT2D eigenvalue weighted by atomic mass is 32.1. The lowest BCUT2D eigenvalue weighted by atomic mass is 9.98. The molecule has 0 unspecified atom stereocenters. The Morgan fingerprint density at radius 2 is 2.12 bits per heavy atom. The van der Waals surface area contributed by atoms with Crippen LogP contribution in [0.2, 0.25) is 0 Å². The number of nitrogens with zero attached hydrogens (tertiary/aromatic N) is 2. The average Bonchev–Trinajstić information content (AvgIpc) is 3.24. The predicted molar refractivity (Wildman–Crippen MR) is 102 cm³/mol. The van der Waals surface area contributed by atoms with Crippen molar-refractivity contribution in [2.45, 2.75) is 32.7 Å². The summed E-state index contributed by atoms with van der Waals surface area (Å²) in [6, 6.07) is 4.22. The summed E-state index contributed by atoms with van der Waals surface area (Å²) in [5, 5.41) is 4.81. The molecule has 0 aromatic carbocycles. The van der Waals surface area contributed by atoms with Crippen molar-refractivity contribution in [3.8, 4) is 10.4 Å². The van der Waals surface area contributed by atoms with Crippen molar-refractivity contribution >= 4 is 32.9 Å². The number of likely N-dealkylation sites (tertiary alicyclic amines) is 1. The molecule has 6 heteroatoms. The molecule has 1 N–H and O–H groups in total. The van der Waals surface area contributed by atoms with E-state index in [9.17, 15) is 4.79 Å². The molecular formula is C18H21N3OS2. The first kappa shape index (κ1) is 16.0. The van der Waals surface area contributed by atoms with Crippen molar-refractivity contribution in [3.05, 3.63) is 39.1 Å². The first-order chi connectivity index (χ1) is 11.6. The second kappa shape index (κ2) is 6.43. The number of aromatic amines is 1. The molecule has 4 heterocycles. The van der Waals surface area contributed by atoms with Crippen LogP contribution in [0.3, 0.4) is 0 Å². The molecular weight excluding hydrogens is 338 g/mol. The Morgan fingerprint density at radius 3 is 2.83 bits per heavy atom. The Kier molecular flexibility index (Phi) is 4.28. The maximum atomic E-state index is 12.7. The predicted octanol–water partition coefficient (Wildman–Crippen LogP) is 4.51. The Bertz CT molecular complexity index is 889. The second-order valence-corrected chi connectivity index (χ2v) is 8.46. The molecule has 1 saturated heterocycles. The summed E-state index contributed by atoms with van der Waals surface area (Å²) in [7, 11) is 0. The molecule has 3 aromatic heterocycles. The molecule has 1 atom stereocenters. The molecule has 0 spiro atoms. The van der Waals surface area contributed by atoms with E-state index in [4.69, 9.17) is 4.98 Å². The average molecular weight is 360 g/mol. The highest BCUT2D eigenvalue weighted by Gasteiger charge is 2.24. The highest BCUT2D eigenvalue weighted by Crippen LogP contribution is 2.34. The first-order valence-electron chi connectivity index (χ1n) is 8.43. The van der Waals surface area contributed by atoms with Gasteiger partial charge in [-0.3, -0.25) is 9.69 Å². The summed E-state index contributed by atoms with van der Waals surface area (Å²) < 4.78 is 0. The monoisotopic (exact) mass is 359 g/mol. The van der Waals surface area contributed by atoms with E-state index in [1.165, 1.54) is 12.8 Å². The fourth-order valence-electron chi connectivity index (χ4n) is 3.37. The maximum Gasteiger partial charge on any atom is 0.260 e. The quantitative estimate of drug-likeness (QED) is 0.749. The summed E-state index contributed by atoms with van der Waals surface area (Å²) in [6.45, 7) is 6.61. The van der Waals surface area contributed by atoms with Gasteiger partial charge in [0.05, 0.1) is 11.4 Å². The van der Waals surface area contributed by atoms with E-state index in [-0.39, 0.29) is 11.6 Å². The van der Waals surface area contributed by atoms with Crippen LogP contribution in [0.1, 0.15) is 38.6 Å². The van der Waals surface area contributed by atoms with Crippen LogP contribution in [0, 0.1) is 5.92 Å². The van der Waals surface area contributed by atoms with Crippen molar-refractivity contribution in [3.63, 3.8) is 0 Å². The van der Waals surface area contributed by atoms with Gasteiger partial charge in [-0.2, -0.15) is 0 Å². The van der Waals surface area contributed by atoms with E-state index >= 15 is 0 Å². The molecule has 4 nitrogen and oxygen atoms in total. The Hall–Kier alpha value is -1.50. The molecule has 3 aromatic rings. The van der Waals surface area contributed by atoms with Gasteiger partial charge < -0.3 is 4.98 Å². The summed E-state index contributed by atoms with van der Waals surface area (Å²) in [6.07, 6.45) is 2.44. The Labute approximate surface area is 149 Å². The van der Waals surface area contributed by atoms with Crippen LogP contribution in [-0.4, -0.2) is 28.0 Å². The van der Waals surface area contributed by atoms with Crippen LogP contribution in [0.25, 0.3) is 20.7 Å². The zero-order valence-corrected chi connectivity index (χ0v) is 15.5. The van der Waals surface area contributed by atoms with Crippen LogP contribution >= 0.6 is 22.7 Å². The van der Waals surface area contributed by atoms with Gasteiger partial charge in [-0.1, -0.05) is 13.0 Å². The normalized spacial score (nSPS) is 18.2. The van der Waals surface area contributed by atoms with Gasteiger partial charge in [0.15, 0.2) is 0 Å². The fourth-order valence-corrected chi connectivity index (χ4v) is 5.13. The van der Waals surface area contributed by atoms with E-state index in [1.807, 2.05) is 11.4 Å². The van der Waals surface area contributed by atoms with Crippen molar-refractivity contribution < 1.29 is 0 Å². The standard InChI is InChI=1S/C18H21N3OS2/c1-11-5-7-21(8-6-11)12(2)16-19-17(22)15-13(10-24-18(15)20-16)14-4-3-9-23-14/h3-4,9-12H,5-8H2,1-2H3,(H,19,20,22)/t12-/m1/s1. The number of nitrogens with one attached hydrogen (secondary N) is 1. The Balaban J connectivity index is 1.70. The van der Waals surface area contributed by atoms with E-state index in [0.717, 1.165) is 45.5 Å². The molecule has 1 fully saturated rings. The van der Waals surface area contributed by atoms with Gasteiger partial charge in [0.1, 0.15) is 10.7 Å². The molecule has 1 aliphatic rings. The summed E-state index contributed by atoms with van der Waals surface area (Å²) in [4.78, 5) is 24.9. The zero-order chi connectivity index (χ0) is 16.7. The minimum Gasteiger partial charge on any atom is -0.309 e. The van der Waals surface area contributed by atoms with E-state index in [2.05, 4.69) is 35.2 Å². The second-order valence-electron chi connectivity index (χ2n) is 6.65. The van der Waals surface area contributed by atoms with Gasteiger partial charge in [-0.25, -0.2) is 4.98 Å². The lowest BCUT2D eigenvalue weighted by molar-refractivity contribution is 0.142. The zero-order valence-electron chi connectivity index (χ0n) is 13.9. The number of thiophene rings is 2. The van der Waals surface area contributed by atoms with E-state index < -0.39 is 0 Å². The molecule has 0 bridgehead atoms. The molecule has 0 aliphatic carbocycles. The largest absolute Gasteiger partial charge is 0.309 e. The summed E-state index contributed by atoms with van der Waals surface area (Å²) in [5.41, 5.74) is 0.988. The number of piperidine rings is 1. The number of hydrogen-bond acceptors (Lipinski definition) is 5. The molecule has 0 saturated carbocycles. The lowest BCUT2D eigenvalue weighted by Crippen LogP contribution is -2.36. The van der Waals surface area contributed by atoms with E-state index in [0.29, 0.717) is 0 Å². The van der Waals surface area contributed by atoms with Gasteiger partial charge in [0.25, 0.3) is 5.56 Å². The smallest absolute Gasteiger partial charge is 0.260 e. The molecule has 0 radical (unpaired) electrons. The minimum absolute atomic E-state index is 0.0168. The van der Waals surface area contributed by atoms with Crippen molar-refractivity contribution in [2.24, 2.45) is 5.92 Å². The lowest BCUT2D eigenvalue weighted by Gasteiger charge is -2.34. The van der Waals surface area contributed by atoms with Gasteiger partial charge in [-0.05, 0) is 50.2 Å². The fraction of sp³-hybridized carbons (Fsp3) is 0.444. The maximum absolute atomic E-state index is 12.7. The third-order valence-electron chi connectivity index (χ3n) is 5.01. The van der Waals surface area contributed by atoms with Gasteiger partial charge in [0.2, 0.25) is 0 Å². The minimum atomic E-state index is -0.0168. The van der Waals surface area contributed by atoms with Gasteiger partial charge >= 0.3 is 0 Å². The third kappa shape index (κ3) is 2.83. The van der Waals surface area contributed by atoms with Crippen LogP contribution in [0.4, 0.5) is 0 Å². The molecule has 4 rings (SSSR count). The van der Waals surface area contributed by atoms with E-state index in [1.54, 1.807) is 22.7 Å². The van der Waals surface area contributed by atoms with Gasteiger partial charge in [0, 0.05) is 15.8 Å². The van der Waals surface area contributed by atoms with Crippen LogP contribution in [0.15, 0.2) is 27.7 Å². The van der Waals surface area contributed by atoms with Crippen LogP contribution < -0.4 is 5.56 Å². The number of hydrogen-bond donors (Lipinski definition) is 1. The van der Waals surface area contributed by atoms with Crippen molar-refractivity contribution in [1.29, 1.82) is 0 Å². The van der Waals surface area contributed by atoms with Crippen LogP contribution in [-0.2, 0) is 0 Å². The molecule has 24 heavy (non-hydrogen) atoms. The molecule has 126 valence electrons. The van der Waals surface area contributed by atoms with Crippen LogP contribution in [0.5, 0.6) is 0 Å². The number of fused-ring (bicyclic) bond motifs is 1. The summed E-state index contributed by atoms with van der Waals surface area (Å²) >= 11 is 3.22. The number of H-pyrrole nitrogens is 1. The van der Waals surface area contributed by atoms with Gasteiger partial charge in [-0.15, -0.1) is 22.7 Å². The van der Waals surface area contributed by atoms with Crippen molar-refractivity contribution in [1.82, 2.24) is 14.9 Å². The SMILES string of the molecule is CC1CCN([C@H](C)c2nc3scc(-c4cccs4)c3c(=O)[nH]2)CC1. The highest BCUT2D eigenvalue weighted by molar-refractivity contribution is 7.18. The Morgan fingerprint density at radius 1 is 1.33 bits per heavy atom. The number of rotatable bonds is 3. The summed E-state index contributed by atoms with van der Waals surface area (Å²) in [5.74, 6) is 1.59. The topological polar surface area (TPSA) is 49.0 Å². The third-order valence-corrected chi connectivity index (χ3v) is 6.79.